The first-order chi connectivity index (χ1) is 15.4. The van der Waals surface area contributed by atoms with Gasteiger partial charge in [-0.1, -0.05) is 24.3 Å². The van der Waals surface area contributed by atoms with E-state index in [0.717, 1.165) is 29.1 Å². The smallest absolute Gasteiger partial charge is 0.248 e. The van der Waals surface area contributed by atoms with E-state index in [1.54, 1.807) is 29.5 Å². The van der Waals surface area contributed by atoms with Crippen molar-refractivity contribution < 1.29 is 17.9 Å². The average Bonchev–Trinajstić information content (AvgIpc) is 3.48. The summed E-state index contributed by atoms with van der Waals surface area (Å²) >= 11 is 1.57. The first-order valence-corrected chi connectivity index (χ1v) is 12.5. The van der Waals surface area contributed by atoms with Crippen molar-refractivity contribution in [1.29, 1.82) is 0 Å². The number of amides is 1. The molecule has 1 heterocycles. The number of rotatable bonds is 9. The maximum atomic E-state index is 12.4. The molecule has 166 valence electrons. The number of anilines is 1. The lowest BCUT2D eigenvalue weighted by atomic mass is 10.2. The van der Waals surface area contributed by atoms with Gasteiger partial charge in [-0.2, -0.15) is 0 Å². The van der Waals surface area contributed by atoms with Crippen molar-refractivity contribution in [2.24, 2.45) is 0 Å². The lowest BCUT2D eigenvalue weighted by Gasteiger charge is -2.09. The van der Waals surface area contributed by atoms with Crippen LogP contribution >= 0.6 is 11.3 Å². The Morgan fingerprint density at radius 2 is 2.03 bits per heavy atom. The number of sulfonamides is 1. The van der Waals surface area contributed by atoms with Crippen LogP contribution in [0.1, 0.15) is 29.1 Å². The van der Waals surface area contributed by atoms with E-state index in [9.17, 15) is 13.2 Å². The van der Waals surface area contributed by atoms with Gasteiger partial charge in [0.15, 0.2) is 0 Å². The molecule has 0 radical (unpaired) electrons. The van der Waals surface area contributed by atoms with Gasteiger partial charge in [-0.05, 0) is 50.1 Å². The topological polar surface area (TPSA) is 97.4 Å². The number of hydrogen-bond acceptors (Lipinski definition) is 6. The van der Waals surface area contributed by atoms with Crippen LogP contribution in [0.3, 0.4) is 0 Å². The third-order valence-corrected chi connectivity index (χ3v) is 7.03. The Hall–Kier alpha value is -3.01. The van der Waals surface area contributed by atoms with E-state index < -0.39 is 10.0 Å². The highest BCUT2D eigenvalue weighted by Crippen LogP contribution is 2.24. The fourth-order valence-corrected chi connectivity index (χ4v) is 4.90. The van der Waals surface area contributed by atoms with Crippen LogP contribution in [-0.4, -0.2) is 25.4 Å². The quantitative estimate of drug-likeness (QED) is 0.460. The predicted octanol–water partition coefficient (Wildman–Crippen LogP) is 4.12. The summed E-state index contributed by atoms with van der Waals surface area (Å²) in [6, 6.07) is 13.6. The molecule has 0 bridgehead atoms. The van der Waals surface area contributed by atoms with Crippen LogP contribution < -0.4 is 14.8 Å². The number of carbonyl (C=O) groups is 1. The summed E-state index contributed by atoms with van der Waals surface area (Å²) in [6.45, 7) is 2.29. The maximum Gasteiger partial charge on any atom is 0.248 e. The van der Waals surface area contributed by atoms with Crippen LogP contribution in [0.5, 0.6) is 5.75 Å². The van der Waals surface area contributed by atoms with Crippen molar-refractivity contribution in [1.82, 2.24) is 9.71 Å². The van der Waals surface area contributed by atoms with Gasteiger partial charge < -0.3 is 10.1 Å². The van der Waals surface area contributed by atoms with Gasteiger partial charge in [0.2, 0.25) is 15.9 Å². The molecule has 0 spiro atoms. The van der Waals surface area contributed by atoms with Crippen molar-refractivity contribution in [3.63, 3.8) is 0 Å². The monoisotopic (exact) mass is 469 g/mol. The second kappa shape index (κ2) is 9.64. The molecule has 2 N–H and O–H groups in total. The third-order valence-electron chi connectivity index (χ3n) is 4.69. The van der Waals surface area contributed by atoms with Crippen molar-refractivity contribution in [2.75, 3.05) is 5.32 Å². The first-order valence-electron chi connectivity index (χ1n) is 10.1. The highest BCUT2D eigenvalue weighted by Gasteiger charge is 2.28. The van der Waals surface area contributed by atoms with E-state index in [2.05, 4.69) is 15.0 Å². The molecule has 0 atom stereocenters. The molecule has 1 amide bonds. The molecule has 0 saturated heterocycles. The number of aromatic nitrogens is 1. The normalized spacial score (nSPS) is 13.9. The van der Waals surface area contributed by atoms with E-state index in [0.29, 0.717) is 18.0 Å². The summed E-state index contributed by atoms with van der Waals surface area (Å²) in [6.07, 6.45) is 4.76. The number of ether oxygens (including phenoxy) is 1. The van der Waals surface area contributed by atoms with Crippen LogP contribution in [0.15, 0.2) is 64.9 Å². The summed E-state index contributed by atoms with van der Waals surface area (Å²) in [4.78, 5) is 16.9. The number of benzene rings is 2. The van der Waals surface area contributed by atoms with Gasteiger partial charge in [-0.15, -0.1) is 11.3 Å². The summed E-state index contributed by atoms with van der Waals surface area (Å²) < 4.78 is 33.3. The number of thiazole rings is 1. The fourth-order valence-electron chi connectivity index (χ4n) is 2.95. The van der Waals surface area contributed by atoms with E-state index in [-0.39, 0.29) is 16.8 Å². The molecule has 7 nitrogen and oxygen atoms in total. The number of carbonyl (C=O) groups excluding carboxylic acids is 1. The van der Waals surface area contributed by atoms with Crippen molar-refractivity contribution >= 4 is 39.0 Å². The van der Waals surface area contributed by atoms with Gasteiger partial charge in [-0.3, -0.25) is 4.79 Å². The minimum Gasteiger partial charge on any atom is -0.487 e. The van der Waals surface area contributed by atoms with Gasteiger partial charge in [-0.25, -0.2) is 18.1 Å². The van der Waals surface area contributed by atoms with E-state index in [1.165, 1.54) is 18.2 Å². The Morgan fingerprint density at radius 1 is 1.22 bits per heavy atom. The zero-order valence-corrected chi connectivity index (χ0v) is 19.1. The van der Waals surface area contributed by atoms with Crippen LogP contribution in [-0.2, 0) is 21.4 Å². The third kappa shape index (κ3) is 6.03. The molecule has 0 aliphatic heterocycles. The number of para-hydroxylation sites is 1. The van der Waals surface area contributed by atoms with Crippen molar-refractivity contribution in [2.45, 2.75) is 37.3 Å². The molecule has 0 unspecified atom stereocenters. The number of aryl methyl sites for hydroxylation is 1. The molecule has 3 aromatic rings. The second-order valence-electron chi connectivity index (χ2n) is 7.43. The summed E-state index contributed by atoms with van der Waals surface area (Å²) in [7, 11) is -3.58. The van der Waals surface area contributed by atoms with Gasteiger partial charge in [0.1, 0.15) is 12.4 Å². The largest absolute Gasteiger partial charge is 0.487 e. The summed E-state index contributed by atoms with van der Waals surface area (Å²) in [5, 5.41) is 5.64. The SMILES string of the molecule is Cc1nc(COc2ccccc2/C=C/C(=O)Nc2cccc(S(=O)(=O)NC3CC3)c2)cs1. The molecule has 32 heavy (non-hydrogen) atoms. The van der Waals surface area contributed by atoms with Crippen LogP contribution in [0.2, 0.25) is 0 Å². The van der Waals surface area contributed by atoms with Crippen molar-refractivity contribution in [3.8, 4) is 5.75 Å². The van der Waals surface area contributed by atoms with Gasteiger partial charge in [0.25, 0.3) is 0 Å². The first kappa shape index (κ1) is 22.2. The van der Waals surface area contributed by atoms with Gasteiger partial charge >= 0.3 is 0 Å². The molecule has 1 aromatic heterocycles. The van der Waals surface area contributed by atoms with Gasteiger partial charge in [0, 0.05) is 28.7 Å². The van der Waals surface area contributed by atoms with Crippen LogP contribution in [0.25, 0.3) is 6.08 Å². The van der Waals surface area contributed by atoms with E-state index in [4.69, 9.17) is 4.74 Å². The summed E-state index contributed by atoms with van der Waals surface area (Å²) in [5.74, 6) is 0.265. The maximum absolute atomic E-state index is 12.4. The van der Waals surface area contributed by atoms with E-state index in [1.807, 2.05) is 36.6 Å². The minimum atomic E-state index is -3.58. The Kier molecular flexibility index (Phi) is 6.69. The second-order valence-corrected chi connectivity index (χ2v) is 10.2. The Labute approximate surface area is 191 Å². The molecule has 4 rings (SSSR count). The summed E-state index contributed by atoms with van der Waals surface area (Å²) in [5.41, 5.74) is 2.01. The predicted molar refractivity (Wildman–Crippen MR) is 125 cm³/mol. The van der Waals surface area contributed by atoms with Gasteiger partial charge in [0.05, 0.1) is 15.6 Å². The van der Waals surface area contributed by atoms with E-state index >= 15 is 0 Å². The molecule has 1 saturated carbocycles. The Bertz CT molecular complexity index is 1250. The molecule has 1 aliphatic carbocycles. The lowest BCUT2D eigenvalue weighted by molar-refractivity contribution is -0.111. The number of nitrogens with one attached hydrogen (secondary N) is 2. The molecular formula is C23H23N3O4S2. The standard InChI is InChI=1S/C23H23N3O4S2/c1-16-24-20(15-31-16)14-30-22-8-3-2-5-17(22)9-12-23(27)25-19-6-4-7-21(13-19)32(28,29)26-18-10-11-18/h2-9,12-13,15,18,26H,10-11,14H2,1H3,(H,25,27)/b12-9+. The molecular weight excluding hydrogens is 446 g/mol. The zero-order valence-electron chi connectivity index (χ0n) is 17.4. The van der Waals surface area contributed by atoms with Crippen molar-refractivity contribution in [3.05, 3.63) is 76.3 Å². The minimum absolute atomic E-state index is 0.0167. The fraction of sp³-hybridized carbons (Fsp3) is 0.217. The molecule has 9 heteroatoms. The van der Waals surface area contributed by atoms with Crippen LogP contribution in [0, 0.1) is 6.92 Å². The molecule has 1 fully saturated rings. The highest BCUT2D eigenvalue weighted by molar-refractivity contribution is 7.89. The average molecular weight is 470 g/mol. The highest BCUT2D eigenvalue weighted by atomic mass is 32.2. The molecule has 1 aliphatic rings. The lowest BCUT2D eigenvalue weighted by Crippen LogP contribution is -2.25. The van der Waals surface area contributed by atoms with Crippen LogP contribution in [0.4, 0.5) is 5.69 Å². The molecule has 2 aromatic carbocycles. The Morgan fingerprint density at radius 3 is 2.78 bits per heavy atom. The Balaban J connectivity index is 1.40. The number of nitrogens with zero attached hydrogens (tertiary/aromatic N) is 1. The number of hydrogen-bond donors (Lipinski definition) is 2. The zero-order chi connectivity index (χ0) is 22.6.